The number of aliphatic hydroxyl groups is 1. The van der Waals surface area contributed by atoms with Crippen molar-refractivity contribution in [3.05, 3.63) is 23.0 Å². The van der Waals surface area contributed by atoms with Gasteiger partial charge in [0, 0.05) is 12.6 Å². The van der Waals surface area contributed by atoms with Crippen LogP contribution in [0.2, 0.25) is 5.15 Å². The topological polar surface area (TPSA) is 50.9 Å². The Labute approximate surface area is 79.8 Å². The number of aryl methyl sites for hydroxylation is 1. The molecule has 0 radical (unpaired) electrons. The van der Waals surface area contributed by atoms with Crippen LogP contribution in [0.4, 0.5) is 0 Å². The molecule has 0 saturated heterocycles. The molecule has 0 bridgehead atoms. The first kappa shape index (κ1) is 8.47. The van der Waals surface area contributed by atoms with Crippen molar-refractivity contribution in [1.29, 1.82) is 0 Å². The van der Waals surface area contributed by atoms with Crippen molar-refractivity contribution in [2.45, 2.75) is 6.61 Å². The fraction of sp³-hybridized carbons (Fsp3) is 0.250. The number of pyridine rings is 1. The highest BCUT2D eigenvalue weighted by Crippen LogP contribution is 2.19. The van der Waals surface area contributed by atoms with Crippen molar-refractivity contribution in [3.8, 4) is 0 Å². The number of hydrogen-bond acceptors (Lipinski definition) is 3. The lowest BCUT2D eigenvalue weighted by Crippen LogP contribution is -1.95. The van der Waals surface area contributed by atoms with Gasteiger partial charge in [-0.1, -0.05) is 11.6 Å². The fourth-order valence-electron chi connectivity index (χ4n) is 1.36. The van der Waals surface area contributed by atoms with Crippen molar-refractivity contribution >= 4 is 22.6 Å². The second-order valence-corrected chi connectivity index (χ2v) is 3.15. The van der Waals surface area contributed by atoms with E-state index in [2.05, 4.69) is 10.1 Å². The first-order valence-electron chi connectivity index (χ1n) is 3.80. The second kappa shape index (κ2) is 2.97. The van der Waals surface area contributed by atoms with Crippen LogP contribution in [0.1, 0.15) is 5.56 Å². The lowest BCUT2D eigenvalue weighted by atomic mass is 10.2. The summed E-state index contributed by atoms with van der Waals surface area (Å²) in [5.41, 5.74) is 2.28. The predicted octanol–water partition coefficient (Wildman–Crippen LogP) is 1.11. The number of halogens is 1. The van der Waals surface area contributed by atoms with E-state index in [0.717, 1.165) is 11.1 Å². The number of aliphatic hydroxyl groups excluding tert-OH is 1. The minimum absolute atomic E-state index is 0.0573. The Hall–Kier alpha value is -1.13. The molecule has 13 heavy (non-hydrogen) atoms. The van der Waals surface area contributed by atoms with Crippen molar-refractivity contribution in [1.82, 2.24) is 14.8 Å². The van der Waals surface area contributed by atoms with Gasteiger partial charge < -0.3 is 5.11 Å². The molecule has 0 spiro atoms. The molecular weight excluding hydrogens is 190 g/mol. The molecule has 0 aliphatic heterocycles. The van der Waals surface area contributed by atoms with Crippen LogP contribution in [0, 0.1) is 0 Å². The SMILES string of the molecule is Cn1ncc2nc(Cl)cc(CO)c21. The average Bonchev–Trinajstić information content (AvgIpc) is 2.46. The molecule has 2 aromatic heterocycles. The van der Waals surface area contributed by atoms with E-state index in [1.807, 2.05) is 0 Å². The third-order valence-electron chi connectivity index (χ3n) is 1.91. The Morgan fingerprint density at radius 3 is 3.08 bits per heavy atom. The zero-order chi connectivity index (χ0) is 9.42. The standard InChI is InChI=1S/C8H8ClN3O/c1-12-8-5(4-13)2-7(9)11-6(8)3-10-12/h2-3,13H,4H2,1H3. The summed E-state index contributed by atoms with van der Waals surface area (Å²) in [6.07, 6.45) is 1.63. The minimum Gasteiger partial charge on any atom is -0.392 e. The Balaban J connectivity index is 2.85. The van der Waals surface area contributed by atoms with Gasteiger partial charge in [-0.05, 0) is 6.07 Å². The Bertz CT molecular complexity index is 452. The van der Waals surface area contributed by atoms with Gasteiger partial charge in [0.05, 0.1) is 18.3 Å². The molecule has 0 aliphatic carbocycles. The van der Waals surface area contributed by atoms with E-state index in [1.165, 1.54) is 0 Å². The summed E-state index contributed by atoms with van der Waals surface area (Å²) in [7, 11) is 1.80. The molecule has 1 N–H and O–H groups in total. The third-order valence-corrected chi connectivity index (χ3v) is 2.11. The summed E-state index contributed by atoms with van der Waals surface area (Å²) in [5.74, 6) is 0. The maximum absolute atomic E-state index is 9.08. The Kier molecular flexibility index (Phi) is 1.94. The van der Waals surface area contributed by atoms with Crippen molar-refractivity contribution < 1.29 is 5.11 Å². The fourth-order valence-corrected chi connectivity index (χ4v) is 1.58. The molecule has 0 atom stereocenters. The molecule has 0 aliphatic rings. The van der Waals surface area contributed by atoms with E-state index < -0.39 is 0 Å². The van der Waals surface area contributed by atoms with Crippen molar-refractivity contribution in [2.24, 2.45) is 7.05 Å². The van der Waals surface area contributed by atoms with E-state index in [-0.39, 0.29) is 6.61 Å². The zero-order valence-corrected chi connectivity index (χ0v) is 7.78. The summed E-state index contributed by atoms with van der Waals surface area (Å²) in [6.45, 7) is -0.0573. The molecule has 0 fully saturated rings. The molecule has 68 valence electrons. The number of fused-ring (bicyclic) bond motifs is 1. The first-order valence-corrected chi connectivity index (χ1v) is 4.18. The molecule has 0 amide bonds. The first-order chi connectivity index (χ1) is 6.22. The lowest BCUT2D eigenvalue weighted by Gasteiger charge is -2.01. The van der Waals surface area contributed by atoms with Gasteiger partial charge in [-0.2, -0.15) is 5.10 Å². The number of aromatic nitrogens is 3. The van der Waals surface area contributed by atoms with E-state index in [0.29, 0.717) is 10.7 Å². The van der Waals surface area contributed by atoms with Crippen LogP contribution in [0.3, 0.4) is 0 Å². The van der Waals surface area contributed by atoms with Crippen LogP contribution in [-0.2, 0) is 13.7 Å². The van der Waals surface area contributed by atoms with Crippen molar-refractivity contribution in [3.63, 3.8) is 0 Å². The second-order valence-electron chi connectivity index (χ2n) is 2.76. The van der Waals surface area contributed by atoms with E-state index >= 15 is 0 Å². The van der Waals surface area contributed by atoms with Crippen LogP contribution < -0.4 is 0 Å². The summed E-state index contributed by atoms with van der Waals surface area (Å²) in [5, 5.41) is 13.5. The van der Waals surface area contributed by atoms with Gasteiger partial charge in [-0.15, -0.1) is 0 Å². The largest absolute Gasteiger partial charge is 0.392 e. The molecule has 2 heterocycles. The van der Waals surface area contributed by atoms with E-state index in [4.69, 9.17) is 16.7 Å². The smallest absolute Gasteiger partial charge is 0.130 e. The lowest BCUT2D eigenvalue weighted by molar-refractivity contribution is 0.282. The molecule has 2 rings (SSSR count). The Morgan fingerprint density at radius 2 is 2.38 bits per heavy atom. The van der Waals surface area contributed by atoms with Crippen LogP contribution >= 0.6 is 11.6 Å². The van der Waals surface area contributed by atoms with Gasteiger partial charge in [-0.25, -0.2) is 4.98 Å². The molecule has 2 aromatic rings. The Morgan fingerprint density at radius 1 is 1.62 bits per heavy atom. The van der Waals surface area contributed by atoms with Crippen LogP contribution in [-0.4, -0.2) is 19.9 Å². The summed E-state index contributed by atoms with van der Waals surface area (Å²) in [4.78, 5) is 4.08. The van der Waals surface area contributed by atoms with Crippen LogP contribution in [0.5, 0.6) is 0 Å². The van der Waals surface area contributed by atoms with Crippen LogP contribution in [0.25, 0.3) is 11.0 Å². The van der Waals surface area contributed by atoms with E-state index in [1.54, 1.807) is 24.0 Å². The van der Waals surface area contributed by atoms with Gasteiger partial charge in [0.1, 0.15) is 10.7 Å². The summed E-state index contributed by atoms with van der Waals surface area (Å²) < 4.78 is 1.67. The molecule has 0 saturated carbocycles. The number of nitrogens with zero attached hydrogens (tertiary/aromatic N) is 3. The van der Waals surface area contributed by atoms with E-state index in [9.17, 15) is 0 Å². The summed E-state index contributed by atoms with van der Waals surface area (Å²) >= 11 is 5.75. The van der Waals surface area contributed by atoms with Gasteiger partial charge in [0.2, 0.25) is 0 Å². The number of hydrogen-bond donors (Lipinski definition) is 1. The summed E-state index contributed by atoms with van der Waals surface area (Å²) in [6, 6.07) is 1.64. The van der Waals surface area contributed by atoms with Gasteiger partial charge in [0.15, 0.2) is 0 Å². The maximum Gasteiger partial charge on any atom is 0.130 e. The highest BCUT2D eigenvalue weighted by atomic mass is 35.5. The maximum atomic E-state index is 9.08. The average molecular weight is 198 g/mol. The van der Waals surface area contributed by atoms with Gasteiger partial charge in [0.25, 0.3) is 0 Å². The quantitative estimate of drug-likeness (QED) is 0.697. The van der Waals surface area contributed by atoms with Gasteiger partial charge >= 0.3 is 0 Å². The molecular formula is C8H8ClN3O. The highest BCUT2D eigenvalue weighted by molar-refractivity contribution is 6.29. The predicted molar refractivity (Wildman–Crippen MR) is 49.4 cm³/mol. The van der Waals surface area contributed by atoms with Gasteiger partial charge in [-0.3, -0.25) is 4.68 Å². The number of rotatable bonds is 1. The van der Waals surface area contributed by atoms with Crippen LogP contribution in [0.15, 0.2) is 12.3 Å². The monoisotopic (exact) mass is 197 g/mol. The zero-order valence-electron chi connectivity index (χ0n) is 7.03. The highest BCUT2D eigenvalue weighted by Gasteiger charge is 2.07. The normalized spacial score (nSPS) is 11.0. The molecule has 4 nitrogen and oxygen atoms in total. The minimum atomic E-state index is -0.0573. The van der Waals surface area contributed by atoms with Crippen molar-refractivity contribution in [2.75, 3.05) is 0 Å². The molecule has 5 heteroatoms. The third kappa shape index (κ3) is 1.28. The molecule has 0 aromatic carbocycles. The molecule has 0 unspecified atom stereocenters.